The molecule has 1 aliphatic heterocycles. The second kappa shape index (κ2) is 10.3. The van der Waals surface area contributed by atoms with Crippen LogP contribution in [0.1, 0.15) is 47.2 Å². The molecule has 0 spiro atoms. The first-order valence-electron chi connectivity index (χ1n) is 11.3. The van der Waals surface area contributed by atoms with Crippen LogP contribution in [0.25, 0.3) is 0 Å². The molecule has 1 aromatic heterocycles. The van der Waals surface area contributed by atoms with E-state index in [0.29, 0.717) is 23.0 Å². The number of nitrogens with two attached hydrogens (primary N) is 1. The number of primary amides is 1. The van der Waals surface area contributed by atoms with Crippen molar-refractivity contribution in [2.24, 2.45) is 5.73 Å². The summed E-state index contributed by atoms with van der Waals surface area (Å²) in [6.07, 6.45) is 3.32. The number of amides is 2. The molecular weight excluding hydrogens is 433 g/mol. The maximum absolute atomic E-state index is 14.0. The third-order valence-corrected chi connectivity index (χ3v) is 6.19. The molecule has 1 saturated heterocycles. The summed E-state index contributed by atoms with van der Waals surface area (Å²) < 4.78 is 14.0. The Morgan fingerprint density at radius 3 is 2.47 bits per heavy atom. The molecule has 0 saturated carbocycles. The van der Waals surface area contributed by atoms with Gasteiger partial charge in [0.05, 0.1) is 11.3 Å². The van der Waals surface area contributed by atoms with Gasteiger partial charge in [0.1, 0.15) is 11.6 Å². The zero-order chi connectivity index (χ0) is 24.1. The Kier molecular flexibility index (Phi) is 7.06. The van der Waals surface area contributed by atoms with Crippen molar-refractivity contribution >= 4 is 29.0 Å². The maximum Gasteiger partial charge on any atom is 0.252 e. The van der Waals surface area contributed by atoms with E-state index in [1.54, 1.807) is 31.2 Å². The number of carbonyl (C=O) groups excluding carboxylic acids is 2. The van der Waals surface area contributed by atoms with Crippen LogP contribution >= 0.6 is 0 Å². The summed E-state index contributed by atoms with van der Waals surface area (Å²) in [4.78, 5) is 29.6. The summed E-state index contributed by atoms with van der Waals surface area (Å²) in [7, 11) is 0. The molecule has 0 atom stereocenters. The fourth-order valence-electron chi connectivity index (χ4n) is 4.21. The number of likely N-dealkylation sites (tertiary alicyclic amines) is 1. The van der Waals surface area contributed by atoms with Gasteiger partial charge in [0.25, 0.3) is 5.91 Å². The lowest BCUT2D eigenvalue weighted by atomic mass is 9.89. The minimum atomic E-state index is -0.616. The minimum absolute atomic E-state index is 0.135. The van der Waals surface area contributed by atoms with E-state index in [1.807, 2.05) is 17.0 Å². The van der Waals surface area contributed by atoms with Crippen molar-refractivity contribution in [2.75, 3.05) is 23.7 Å². The highest BCUT2D eigenvalue weighted by atomic mass is 19.1. The lowest BCUT2D eigenvalue weighted by Gasteiger charge is -2.31. The molecule has 3 aromatic rings. The summed E-state index contributed by atoms with van der Waals surface area (Å²) in [6.45, 7) is 3.40. The molecule has 8 heteroatoms. The van der Waals surface area contributed by atoms with Gasteiger partial charge in [-0.1, -0.05) is 30.3 Å². The van der Waals surface area contributed by atoms with Gasteiger partial charge in [-0.25, -0.2) is 9.37 Å². The molecule has 1 fully saturated rings. The van der Waals surface area contributed by atoms with Crippen molar-refractivity contribution < 1.29 is 14.0 Å². The van der Waals surface area contributed by atoms with Crippen LogP contribution in [0.4, 0.5) is 21.6 Å². The molecule has 176 valence electrons. The second-order valence-electron chi connectivity index (χ2n) is 8.45. The number of hydrogen-bond acceptors (Lipinski definition) is 5. The Balaban J connectivity index is 1.44. The number of hydrogen-bond donors (Lipinski definition) is 3. The number of carbonyl (C=O) groups is 2. The van der Waals surface area contributed by atoms with Crippen LogP contribution in [-0.4, -0.2) is 34.8 Å². The van der Waals surface area contributed by atoms with Crippen LogP contribution in [-0.2, 0) is 11.3 Å². The first kappa shape index (κ1) is 23.2. The summed E-state index contributed by atoms with van der Waals surface area (Å²) in [5, 5.41) is 6.33. The number of anilines is 3. The molecule has 34 heavy (non-hydrogen) atoms. The van der Waals surface area contributed by atoms with E-state index < -0.39 is 5.91 Å². The number of benzene rings is 2. The topological polar surface area (TPSA) is 100 Å². The van der Waals surface area contributed by atoms with E-state index in [-0.39, 0.29) is 23.8 Å². The van der Waals surface area contributed by atoms with Crippen molar-refractivity contribution in [3.8, 4) is 0 Å². The Hall–Kier alpha value is -3.94. The standard InChI is InChI=1S/C26H28FN5O2/c1-17(33)32-12-10-19(11-13-32)18-6-8-21(9-7-18)31-25-14-24(22(16-30-25)26(28)34)29-15-20-4-2-3-5-23(20)27/h2-9,14,16,19H,10-13,15H2,1H3,(H2,28,34)(H2,29,30,31). The van der Waals surface area contributed by atoms with Crippen molar-refractivity contribution in [1.29, 1.82) is 0 Å². The molecule has 4 rings (SSSR count). The van der Waals surface area contributed by atoms with Gasteiger partial charge in [-0.05, 0) is 42.5 Å². The fourth-order valence-corrected chi connectivity index (χ4v) is 4.21. The molecule has 2 aromatic carbocycles. The first-order valence-corrected chi connectivity index (χ1v) is 11.3. The van der Waals surface area contributed by atoms with E-state index >= 15 is 0 Å². The van der Waals surface area contributed by atoms with Crippen molar-refractivity contribution in [3.63, 3.8) is 0 Å². The summed E-state index contributed by atoms with van der Waals surface area (Å²) >= 11 is 0. The highest BCUT2D eigenvalue weighted by Gasteiger charge is 2.21. The largest absolute Gasteiger partial charge is 0.380 e. The smallest absolute Gasteiger partial charge is 0.252 e. The Morgan fingerprint density at radius 2 is 1.82 bits per heavy atom. The monoisotopic (exact) mass is 461 g/mol. The van der Waals surface area contributed by atoms with Gasteiger partial charge in [-0.2, -0.15) is 0 Å². The lowest BCUT2D eigenvalue weighted by molar-refractivity contribution is -0.129. The number of piperidine rings is 1. The third kappa shape index (κ3) is 5.51. The van der Waals surface area contributed by atoms with Crippen LogP contribution in [0.3, 0.4) is 0 Å². The summed E-state index contributed by atoms with van der Waals surface area (Å²) in [5.74, 6) is 0.163. The quantitative estimate of drug-likeness (QED) is 0.484. The Morgan fingerprint density at radius 1 is 1.12 bits per heavy atom. The van der Waals surface area contributed by atoms with E-state index in [2.05, 4.69) is 27.8 Å². The van der Waals surface area contributed by atoms with Gasteiger partial charge >= 0.3 is 0 Å². The molecule has 0 radical (unpaired) electrons. The highest BCUT2D eigenvalue weighted by molar-refractivity contribution is 5.98. The summed E-state index contributed by atoms with van der Waals surface area (Å²) in [5.41, 5.74) is 8.78. The van der Waals surface area contributed by atoms with Gasteiger partial charge in [0, 0.05) is 50.1 Å². The van der Waals surface area contributed by atoms with Crippen LogP contribution in [0.2, 0.25) is 0 Å². The van der Waals surface area contributed by atoms with Gasteiger partial charge in [0.2, 0.25) is 5.91 Å². The Labute approximate surface area is 198 Å². The van der Waals surface area contributed by atoms with Crippen LogP contribution in [0.15, 0.2) is 60.8 Å². The van der Waals surface area contributed by atoms with Crippen LogP contribution in [0.5, 0.6) is 0 Å². The van der Waals surface area contributed by atoms with Gasteiger partial charge in [0.15, 0.2) is 0 Å². The van der Waals surface area contributed by atoms with Crippen molar-refractivity contribution in [2.45, 2.75) is 32.2 Å². The molecule has 2 amide bonds. The SMILES string of the molecule is CC(=O)N1CCC(c2ccc(Nc3cc(NCc4ccccc4F)c(C(N)=O)cn3)cc2)CC1. The van der Waals surface area contributed by atoms with E-state index in [4.69, 9.17) is 5.73 Å². The second-order valence-corrected chi connectivity index (χ2v) is 8.45. The highest BCUT2D eigenvalue weighted by Crippen LogP contribution is 2.30. The number of nitrogens with one attached hydrogen (secondary N) is 2. The number of nitrogens with zero attached hydrogens (tertiary/aromatic N) is 2. The van der Waals surface area contributed by atoms with Crippen molar-refractivity contribution in [1.82, 2.24) is 9.88 Å². The summed E-state index contributed by atoms with van der Waals surface area (Å²) in [6, 6.07) is 16.3. The van der Waals surface area contributed by atoms with E-state index in [9.17, 15) is 14.0 Å². The van der Waals surface area contributed by atoms with E-state index in [0.717, 1.165) is 31.6 Å². The lowest BCUT2D eigenvalue weighted by Crippen LogP contribution is -2.36. The predicted octanol–water partition coefficient (Wildman–Crippen LogP) is 4.40. The van der Waals surface area contributed by atoms with Gasteiger partial charge in [-0.15, -0.1) is 0 Å². The zero-order valence-corrected chi connectivity index (χ0v) is 19.1. The molecular formula is C26H28FN5O2. The van der Waals surface area contributed by atoms with E-state index in [1.165, 1.54) is 17.8 Å². The molecule has 0 unspecified atom stereocenters. The predicted molar refractivity (Wildman–Crippen MR) is 130 cm³/mol. The average molecular weight is 462 g/mol. The maximum atomic E-state index is 14.0. The normalized spacial score (nSPS) is 14.0. The number of rotatable bonds is 7. The van der Waals surface area contributed by atoms with Crippen LogP contribution in [0, 0.1) is 5.82 Å². The minimum Gasteiger partial charge on any atom is -0.380 e. The van der Waals surface area contributed by atoms with Gasteiger partial charge in [-0.3, -0.25) is 9.59 Å². The third-order valence-electron chi connectivity index (χ3n) is 6.19. The number of halogens is 1. The molecule has 0 bridgehead atoms. The average Bonchev–Trinajstić information content (AvgIpc) is 2.84. The molecule has 2 heterocycles. The molecule has 7 nitrogen and oxygen atoms in total. The molecule has 0 aliphatic carbocycles. The van der Waals surface area contributed by atoms with Crippen LogP contribution < -0.4 is 16.4 Å². The fraction of sp³-hybridized carbons (Fsp3) is 0.269. The van der Waals surface area contributed by atoms with Gasteiger partial charge < -0.3 is 21.3 Å². The zero-order valence-electron chi connectivity index (χ0n) is 19.1. The van der Waals surface area contributed by atoms with Crippen molar-refractivity contribution in [3.05, 3.63) is 83.3 Å². The first-order chi connectivity index (χ1) is 16.4. The molecule has 4 N–H and O–H groups in total. The number of aromatic nitrogens is 1. The molecule has 1 aliphatic rings. The number of pyridine rings is 1. The Bertz CT molecular complexity index is 1170.